The topological polar surface area (TPSA) is 52.6 Å². The van der Waals surface area contributed by atoms with E-state index in [-0.39, 0.29) is 5.91 Å². The third kappa shape index (κ3) is 4.04. The Bertz CT molecular complexity index is 760. The van der Waals surface area contributed by atoms with Crippen molar-refractivity contribution in [2.45, 2.75) is 26.2 Å². The minimum Gasteiger partial charge on any atom is -0.355 e. The molecular formula is C21H27N5O. The monoisotopic (exact) mass is 365 g/mol. The fourth-order valence-corrected chi connectivity index (χ4v) is 3.80. The van der Waals surface area contributed by atoms with Crippen LogP contribution in [0.3, 0.4) is 0 Å². The highest BCUT2D eigenvalue weighted by Gasteiger charge is 2.23. The van der Waals surface area contributed by atoms with E-state index < -0.39 is 0 Å². The normalized spacial score (nSPS) is 17.9. The number of piperidine rings is 1. The van der Waals surface area contributed by atoms with Crippen molar-refractivity contribution in [2.24, 2.45) is 0 Å². The highest BCUT2D eigenvalue weighted by Crippen LogP contribution is 2.20. The molecule has 27 heavy (non-hydrogen) atoms. The van der Waals surface area contributed by atoms with Crippen molar-refractivity contribution in [3.8, 4) is 0 Å². The molecule has 6 nitrogen and oxygen atoms in total. The number of amides is 1. The van der Waals surface area contributed by atoms with Crippen LogP contribution in [-0.2, 0) is 0 Å². The average Bonchev–Trinajstić information content (AvgIpc) is 2.75. The number of rotatable bonds is 3. The van der Waals surface area contributed by atoms with E-state index in [4.69, 9.17) is 0 Å². The number of piperazine rings is 1. The van der Waals surface area contributed by atoms with Crippen molar-refractivity contribution in [2.75, 3.05) is 49.1 Å². The fourth-order valence-electron chi connectivity index (χ4n) is 3.80. The second-order valence-electron chi connectivity index (χ2n) is 7.44. The van der Waals surface area contributed by atoms with Crippen molar-refractivity contribution < 1.29 is 4.79 Å². The van der Waals surface area contributed by atoms with Gasteiger partial charge in [0, 0.05) is 44.8 Å². The molecule has 1 aromatic carbocycles. The van der Waals surface area contributed by atoms with Crippen LogP contribution in [0.25, 0.3) is 0 Å². The summed E-state index contributed by atoms with van der Waals surface area (Å²) >= 11 is 0. The van der Waals surface area contributed by atoms with E-state index in [2.05, 4.69) is 32.1 Å². The zero-order valence-corrected chi connectivity index (χ0v) is 16.0. The maximum atomic E-state index is 12.6. The predicted octanol–water partition coefficient (Wildman–Crippen LogP) is 2.74. The van der Waals surface area contributed by atoms with Gasteiger partial charge < -0.3 is 14.7 Å². The fraction of sp³-hybridized carbons (Fsp3) is 0.476. The zero-order valence-electron chi connectivity index (χ0n) is 16.0. The van der Waals surface area contributed by atoms with Gasteiger partial charge in [-0.3, -0.25) is 4.79 Å². The van der Waals surface area contributed by atoms with Crippen LogP contribution in [0, 0.1) is 6.92 Å². The maximum absolute atomic E-state index is 12.6. The molecule has 4 rings (SSSR count). The molecule has 3 heterocycles. The van der Waals surface area contributed by atoms with E-state index in [1.807, 2.05) is 36.1 Å². The number of aryl methyl sites for hydroxylation is 1. The van der Waals surface area contributed by atoms with Crippen molar-refractivity contribution in [1.29, 1.82) is 0 Å². The van der Waals surface area contributed by atoms with Gasteiger partial charge in [0.15, 0.2) is 11.6 Å². The number of hydrogen-bond acceptors (Lipinski definition) is 5. The molecule has 0 unspecified atom stereocenters. The molecular weight excluding hydrogens is 338 g/mol. The minimum absolute atomic E-state index is 0.112. The summed E-state index contributed by atoms with van der Waals surface area (Å²) in [5.41, 5.74) is 1.93. The largest absolute Gasteiger partial charge is 0.355 e. The van der Waals surface area contributed by atoms with Crippen LogP contribution in [0.4, 0.5) is 11.6 Å². The molecule has 0 aliphatic carbocycles. The molecule has 142 valence electrons. The quantitative estimate of drug-likeness (QED) is 0.837. The number of anilines is 2. The van der Waals surface area contributed by atoms with Crippen LogP contribution in [0.1, 0.15) is 35.2 Å². The van der Waals surface area contributed by atoms with Crippen LogP contribution in [0.5, 0.6) is 0 Å². The molecule has 0 N–H and O–H groups in total. The smallest absolute Gasteiger partial charge is 0.253 e. The van der Waals surface area contributed by atoms with Gasteiger partial charge in [0.2, 0.25) is 0 Å². The number of aromatic nitrogens is 2. The van der Waals surface area contributed by atoms with Gasteiger partial charge in [-0.05, 0) is 50.5 Å². The van der Waals surface area contributed by atoms with E-state index in [1.165, 1.54) is 24.8 Å². The lowest BCUT2D eigenvalue weighted by Gasteiger charge is -2.35. The van der Waals surface area contributed by atoms with Crippen LogP contribution in [0.2, 0.25) is 0 Å². The van der Waals surface area contributed by atoms with E-state index in [0.717, 1.165) is 43.4 Å². The van der Waals surface area contributed by atoms with Crippen LogP contribution < -0.4 is 9.80 Å². The van der Waals surface area contributed by atoms with Crippen molar-refractivity contribution in [3.63, 3.8) is 0 Å². The van der Waals surface area contributed by atoms with E-state index in [1.54, 1.807) is 0 Å². The van der Waals surface area contributed by atoms with Crippen LogP contribution >= 0.6 is 0 Å². The number of carbonyl (C=O) groups is 1. The summed E-state index contributed by atoms with van der Waals surface area (Å²) in [5.74, 6) is 1.99. The van der Waals surface area contributed by atoms with Crippen molar-refractivity contribution in [3.05, 3.63) is 47.5 Å². The van der Waals surface area contributed by atoms with E-state index in [0.29, 0.717) is 13.1 Å². The molecule has 0 bridgehead atoms. The molecule has 2 aliphatic heterocycles. The van der Waals surface area contributed by atoms with Gasteiger partial charge in [-0.15, -0.1) is 10.2 Å². The van der Waals surface area contributed by atoms with Gasteiger partial charge in [-0.2, -0.15) is 0 Å². The van der Waals surface area contributed by atoms with Crippen molar-refractivity contribution >= 4 is 17.5 Å². The Morgan fingerprint density at radius 2 is 1.30 bits per heavy atom. The molecule has 2 fully saturated rings. The van der Waals surface area contributed by atoms with Gasteiger partial charge in [0.25, 0.3) is 5.91 Å². The summed E-state index contributed by atoms with van der Waals surface area (Å²) in [6.45, 7) is 7.18. The number of hydrogen-bond donors (Lipinski definition) is 0. The summed E-state index contributed by atoms with van der Waals surface area (Å²) in [4.78, 5) is 19.1. The lowest BCUT2D eigenvalue weighted by atomic mass is 10.1. The second-order valence-corrected chi connectivity index (χ2v) is 7.44. The third-order valence-electron chi connectivity index (χ3n) is 5.51. The first-order valence-corrected chi connectivity index (χ1v) is 9.90. The lowest BCUT2D eigenvalue weighted by Crippen LogP contribution is -2.49. The highest BCUT2D eigenvalue weighted by atomic mass is 16.2. The summed E-state index contributed by atoms with van der Waals surface area (Å²) in [7, 11) is 0. The molecule has 0 saturated carbocycles. The van der Waals surface area contributed by atoms with Crippen LogP contribution in [0.15, 0.2) is 36.4 Å². The summed E-state index contributed by atoms with van der Waals surface area (Å²) < 4.78 is 0. The standard InChI is InChI=1S/C21H27N5O/c1-17-5-7-18(8-6-17)21(27)26-15-13-25(14-16-26)20-10-9-19(22-23-20)24-11-3-2-4-12-24/h5-10H,2-4,11-16H2,1H3. The Kier molecular flexibility index (Phi) is 5.23. The van der Waals surface area contributed by atoms with E-state index in [9.17, 15) is 4.79 Å². The zero-order chi connectivity index (χ0) is 18.6. The summed E-state index contributed by atoms with van der Waals surface area (Å²) in [6, 6.07) is 11.9. The number of nitrogens with zero attached hydrogens (tertiary/aromatic N) is 5. The molecule has 1 amide bonds. The van der Waals surface area contributed by atoms with Gasteiger partial charge in [0.05, 0.1) is 0 Å². The Morgan fingerprint density at radius 3 is 1.85 bits per heavy atom. The number of benzene rings is 1. The Labute approximate surface area is 160 Å². The van der Waals surface area contributed by atoms with E-state index >= 15 is 0 Å². The first-order chi connectivity index (χ1) is 13.2. The average molecular weight is 365 g/mol. The van der Waals surface area contributed by atoms with Gasteiger partial charge in [-0.25, -0.2) is 0 Å². The van der Waals surface area contributed by atoms with Gasteiger partial charge >= 0.3 is 0 Å². The first-order valence-electron chi connectivity index (χ1n) is 9.90. The minimum atomic E-state index is 0.112. The Morgan fingerprint density at radius 1 is 0.741 bits per heavy atom. The predicted molar refractivity (Wildman–Crippen MR) is 107 cm³/mol. The van der Waals surface area contributed by atoms with Gasteiger partial charge in [-0.1, -0.05) is 17.7 Å². The Balaban J connectivity index is 1.34. The molecule has 0 spiro atoms. The summed E-state index contributed by atoms with van der Waals surface area (Å²) in [6.07, 6.45) is 3.79. The second kappa shape index (κ2) is 7.94. The molecule has 2 aromatic rings. The van der Waals surface area contributed by atoms with Crippen LogP contribution in [-0.4, -0.2) is 60.3 Å². The summed E-state index contributed by atoms with van der Waals surface area (Å²) in [5, 5.41) is 8.89. The molecule has 0 atom stereocenters. The maximum Gasteiger partial charge on any atom is 0.253 e. The van der Waals surface area contributed by atoms with Gasteiger partial charge in [0.1, 0.15) is 0 Å². The number of carbonyl (C=O) groups excluding carboxylic acids is 1. The molecule has 1 aromatic heterocycles. The molecule has 6 heteroatoms. The highest BCUT2D eigenvalue weighted by molar-refractivity contribution is 5.94. The SMILES string of the molecule is Cc1ccc(C(=O)N2CCN(c3ccc(N4CCCCC4)nn3)CC2)cc1. The third-order valence-corrected chi connectivity index (χ3v) is 5.51. The molecule has 2 saturated heterocycles. The molecule has 0 radical (unpaired) electrons. The lowest BCUT2D eigenvalue weighted by molar-refractivity contribution is 0.0746. The molecule has 2 aliphatic rings. The first kappa shape index (κ1) is 17.8. The Hall–Kier alpha value is -2.63. The van der Waals surface area contributed by atoms with Crippen molar-refractivity contribution in [1.82, 2.24) is 15.1 Å².